The Bertz CT molecular complexity index is 3350. The molecule has 0 fully saturated rings. The highest BCUT2D eigenvalue weighted by Gasteiger charge is 2.19. The fourth-order valence-corrected chi connectivity index (χ4v) is 6.20. The molecule has 10 aromatic rings. The Hall–Kier alpha value is -6.59. The molecule has 224 valence electrons. The van der Waals surface area contributed by atoms with E-state index in [4.69, 9.17) is 34.8 Å². The van der Waals surface area contributed by atoms with Crippen molar-refractivity contribution in [3.63, 3.8) is 0 Å². The molecule has 0 spiro atoms. The van der Waals surface area contributed by atoms with Crippen molar-refractivity contribution in [2.75, 3.05) is 0 Å². The van der Waals surface area contributed by atoms with Crippen molar-refractivity contribution in [1.29, 1.82) is 0 Å². The maximum atomic E-state index is 9.66. The van der Waals surface area contributed by atoms with E-state index in [1.807, 2.05) is 97.1 Å². The highest BCUT2D eigenvalue weighted by Crippen LogP contribution is 2.40. The lowest BCUT2D eigenvalue weighted by Gasteiger charge is -2.11. The van der Waals surface area contributed by atoms with E-state index in [0.717, 1.165) is 21.9 Å². The Morgan fingerprint density at radius 3 is 1.75 bits per heavy atom. The zero-order chi connectivity index (χ0) is 39.4. The van der Waals surface area contributed by atoms with Gasteiger partial charge in [-0.15, -0.1) is 0 Å². The van der Waals surface area contributed by atoms with Crippen LogP contribution in [0.2, 0.25) is 0 Å². The van der Waals surface area contributed by atoms with Crippen LogP contribution in [0.25, 0.3) is 99.9 Å². The number of hydrogen-bond donors (Lipinski definition) is 0. The number of nitrogens with zero attached hydrogens (tertiary/aromatic N) is 3. The first-order chi connectivity index (χ1) is 27.5. The van der Waals surface area contributed by atoms with Gasteiger partial charge in [-0.05, 0) is 52.9 Å². The molecule has 0 aliphatic heterocycles. The topological polar surface area (TPSA) is 65.0 Å². The summed E-state index contributed by atoms with van der Waals surface area (Å²) in [4.78, 5) is 14.5. The number of rotatable bonds is 4. The van der Waals surface area contributed by atoms with E-state index in [9.17, 15) is 1.37 Å². The van der Waals surface area contributed by atoms with Crippen LogP contribution in [0, 0.1) is 0 Å². The van der Waals surface area contributed by atoms with Crippen LogP contribution in [0.5, 0.6) is 0 Å². The quantitative estimate of drug-likeness (QED) is 0.195. The van der Waals surface area contributed by atoms with E-state index in [0.29, 0.717) is 22.3 Å². The Morgan fingerprint density at radius 1 is 0.417 bits per heavy atom. The molecule has 0 saturated heterocycles. The van der Waals surface area contributed by atoms with Gasteiger partial charge in [0.25, 0.3) is 0 Å². The highest BCUT2D eigenvalue weighted by molar-refractivity contribution is 6.18. The minimum Gasteiger partial charge on any atom is -0.456 e. The Balaban J connectivity index is 1.28. The molecule has 0 N–H and O–H groups in total. The number of aromatic nitrogens is 3. The fourth-order valence-electron chi connectivity index (χ4n) is 6.20. The third-order valence-corrected chi connectivity index (χ3v) is 8.48. The number of furan rings is 2. The van der Waals surface area contributed by atoms with E-state index in [-0.39, 0.29) is 61.8 Å². The lowest BCUT2D eigenvalue weighted by Crippen LogP contribution is -2.00. The summed E-state index contributed by atoms with van der Waals surface area (Å²) in [5, 5.41) is 1.42. The molecule has 3 heterocycles. The van der Waals surface area contributed by atoms with Crippen LogP contribution in [0.15, 0.2) is 160 Å². The predicted molar refractivity (Wildman–Crippen MR) is 194 cm³/mol. The Morgan fingerprint density at radius 2 is 1.00 bits per heavy atom. The smallest absolute Gasteiger partial charge is 0.164 e. The minimum atomic E-state index is -0.561. The van der Waals surface area contributed by atoms with E-state index in [2.05, 4.69) is 0 Å². The van der Waals surface area contributed by atoms with Crippen molar-refractivity contribution < 1.29 is 21.2 Å². The third kappa shape index (κ3) is 4.22. The molecule has 0 amide bonds. The van der Waals surface area contributed by atoms with Crippen LogP contribution in [-0.4, -0.2) is 15.0 Å². The van der Waals surface area contributed by atoms with Crippen molar-refractivity contribution in [1.82, 2.24) is 15.0 Å². The second kappa shape index (κ2) is 10.5. The normalized spacial score (nSPS) is 14.4. The van der Waals surface area contributed by atoms with Gasteiger partial charge < -0.3 is 8.83 Å². The summed E-state index contributed by atoms with van der Waals surface area (Å²) in [7, 11) is 0. The first-order valence-electron chi connectivity index (χ1n) is 19.7. The van der Waals surface area contributed by atoms with Gasteiger partial charge in [0, 0.05) is 43.6 Å². The Kier molecular flexibility index (Phi) is 4.18. The second-order valence-electron chi connectivity index (χ2n) is 11.3. The summed E-state index contributed by atoms with van der Waals surface area (Å²) in [6, 6.07) is 26.3. The molecule has 7 aromatic carbocycles. The van der Waals surface area contributed by atoms with Gasteiger partial charge in [0.1, 0.15) is 22.3 Å². The van der Waals surface area contributed by atoms with Crippen LogP contribution in [-0.2, 0) is 0 Å². The molecule has 3 aromatic heterocycles. The summed E-state index contributed by atoms with van der Waals surface area (Å²) >= 11 is 0. The number of hydrogen-bond acceptors (Lipinski definition) is 5. The van der Waals surface area contributed by atoms with Crippen molar-refractivity contribution in [2.24, 2.45) is 0 Å². The molecule has 0 bridgehead atoms. The van der Waals surface area contributed by atoms with Gasteiger partial charge in [0.05, 0.1) is 12.3 Å². The first-order valence-corrected chi connectivity index (χ1v) is 15.2. The number of fused-ring (bicyclic) bond motifs is 8. The van der Waals surface area contributed by atoms with Crippen molar-refractivity contribution >= 4 is 54.6 Å². The zero-order valence-corrected chi connectivity index (χ0v) is 24.9. The van der Waals surface area contributed by atoms with Gasteiger partial charge in [-0.2, -0.15) is 0 Å². The average molecular weight is 625 g/mol. The van der Waals surface area contributed by atoms with Gasteiger partial charge in [-0.25, -0.2) is 15.0 Å². The monoisotopic (exact) mass is 624 g/mol. The van der Waals surface area contributed by atoms with Crippen LogP contribution in [0.4, 0.5) is 0 Å². The fraction of sp³-hybridized carbons (Fsp3) is 0. The molecule has 0 radical (unpaired) electrons. The predicted octanol–water partition coefficient (Wildman–Crippen LogP) is 11.5. The zero-order valence-electron chi connectivity index (χ0n) is 33.9. The van der Waals surface area contributed by atoms with Gasteiger partial charge >= 0.3 is 0 Å². The van der Waals surface area contributed by atoms with Gasteiger partial charge in [0.15, 0.2) is 17.5 Å². The standard InChI is InChI=1S/C43H25N3O2/c1-3-11-26(12-4-1)28-19-21-32-33-22-20-29(24-39(33)47-38(32)23-28)42-44-41(27-13-5-2-6-14-27)45-43(46-42)36-25-35-31-16-9-10-18-37(31)48-40(35)34-17-8-7-15-30(34)36/h1-25H/i7D,8D,9D,10D,15D,16D,17D,18D,25D. The second-order valence-corrected chi connectivity index (χ2v) is 11.3. The molecule has 0 atom stereocenters. The van der Waals surface area contributed by atoms with Crippen LogP contribution >= 0.6 is 0 Å². The molecule has 48 heavy (non-hydrogen) atoms. The van der Waals surface area contributed by atoms with Gasteiger partial charge in [-0.3, -0.25) is 0 Å². The summed E-state index contributed by atoms with van der Waals surface area (Å²) in [6.07, 6.45) is 0. The molecule has 5 heteroatoms. The van der Waals surface area contributed by atoms with Crippen molar-refractivity contribution in [3.05, 3.63) is 151 Å². The number of benzene rings is 7. The Labute approximate surface area is 287 Å². The molecule has 0 aliphatic rings. The third-order valence-electron chi connectivity index (χ3n) is 8.48. The van der Waals surface area contributed by atoms with E-state index in [1.54, 1.807) is 0 Å². The molecule has 0 aliphatic carbocycles. The molecule has 10 rings (SSSR count). The maximum absolute atomic E-state index is 9.66. The van der Waals surface area contributed by atoms with Gasteiger partial charge in [0.2, 0.25) is 0 Å². The van der Waals surface area contributed by atoms with Crippen LogP contribution in [0.3, 0.4) is 0 Å². The molecule has 0 saturated carbocycles. The first kappa shape index (κ1) is 19.2. The summed E-state index contributed by atoms with van der Waals surface area (Å²) < 4.78 is 91.4. The van der Waals surface area contributed by atoms with E-state index < -0.39 is 48.3 Å². The van der Waals surface area contributed by atoms with E-state index >= 15 is 0 Å². The maximum Gasteiger partial charge on any atom is 0.164 e. The summed E-state index contributed by atoms with van der Waals surface area (Å²) in [6.45, 7) is 0. The molecular formula is C43H25N3O2. The minimum absolute atomic E-state index is 0.0636. The lowest BCUT2D eigenvalue weighted by molar-refractivity contribution is 0.669. The van der Waals surface area contributed by atoms with Crippen LogP contribution in [0.1, 0.15) is 12.3 Å². The van der Waals surface area contributed by atoms with E-state index in [1.165, 1.54) is 0 Å². The SMILES string of the molecule is [2H]c1c([2H])c([2H])c2c(oc3c4c([2H])c([2H])c([2H])c([2H])c4c(-c4nc(-c5ccccc5)nc(-c5ccc6c(c5)oc5cc(-c7ccccc7)ccc56)n4)c([2H])c32)c1[2H]. The lowest BCUT2D eigenvalue weighted by atomic mass is 9.99. The average Bonchev–Trinajstić information content (AvgIpc) is 3.83. The van der Waals surface area contributed by atoms with Crippen molar-refractivity contribution in [3.8, 4) is 45.3 Å². The summed E-state index contributed by atoms with van der Waals surface area (Å²) in [5.41, 5.74) is 4.00. The molecular weight excluding hydrogens is 590 g/mol. The number of para-hydroxylation sites is 1. The highest BCUT2D eigenvalue weighted by atomic mass is 16.3. The summed E-state index contributed by atoms with van der Waals surface area (Å²) in [5.74, 6) is 0.326. The molecule has 0 unspecified atom stereocenters. The largest absolute Gasteiger partial charge is 0.456 e. The van der Waals surface area contributed by atoms with Gasteiger partial charge in [-0.1, -0.05) is 115 Å². The van der Waals surface area contributed by atoms with Crippen LogP contribution < -0.4 is 0 Å². The molecule has 5 nitrogen and oxygen atoms in total. The van der Waals surface area contributed by atoms with Crippen molar-refractivity contribution in [2.45, 2.75) is 0 Å².